The van der Waals surface area contributed by atoms with Crippen molar-refractivity contribution < 1.29 is 14.6 Å². The van der Waals surface area contributed by atoms with Crippen LogP contribution in [0.4, 0.5) is 0 Å². The molecule has 1 aliphatic carbocycles. The van der Waals surface area contributed by atoms with Gasteiger partial charge in [-0.3, -0.25) is 0 Å². The first-order valence-corrected chi connectivity index (χ1v) is 7.90. The van der Waals surface area contributed by atoms with Crippen LogP contribution in [-0.4, -0.2) is 31.0 Å². The molecule has 2 N–H and O–H groups in total. The maximum absolute atomic E-state index is 10.6. The third-order valence-corrected chi connectivity index (χ3v) is 4.12. The number of ether oxygens (including phenoxy) is 2. The second kappa shape index (κ2) is 7.66. The Morgan fingerprint density at radius 1 is 1.24 bits per heavy atom. The number of hydrogen-bond donors (Lipinski definition) is 2. The zero-order valence-electron chi connectivity index (χ0n) is 13.2. The Balaban J connectivity index is 2.05. The molecule has 0 heterocycles. The molecule has 0 bridgehead atoms. The van der Waals surface area contributed by atoms with Crippen LogP contribution in [0.5, 0.6) is 11.5 Å². The molecular formula is C17H27NO3. The molecule has 1 fully saturated rings. The van der Waals surface area contributed by atoms with Gasteiger partial charge >= 0.3 is 0 Å². The van der Waals surface area contributed by atoms with Crippen LogP contribution in [-0.2, 0) is 6.54 Å². The first-order valence-electron chi connectivity index (χ1n) is 7.90. The molecule has 0 atom stereocenters. The van der Waals surface area contributed by atoms with Gasteiger partial charge in [0.25, 0.3) is 0 Å². The second-order valence-electron chi connectivity index (χ2n) is 5.83. The van der Waals surface area contributed by atoms with E-state index in [2.05, 4.69) is 12.2 Å². The van der Waals surface area contributed by atoms with Crippen LogP contribution in [0.15, 0.2) is 18.2 Å². The van der Waals surface area contributed by atoms with Crippen LogP contribution < -0.4 is 14.8 Å². The monoisotopic (exact) mass is 293 g/mol. The Bertz CT molecular complexity index is 442. The topological polar surface area (TPSA) is 50.7 Å². The average molecular weight is 293 g/mol. The van der Waals surface area contributed by atoms with Crippen LogP contribution in [0, 0.1) is 0 Å². The number of rotatable bonds is 7. The van der Waals surface area contributed by atoms with Crippen LogP contribution in [0.1, 0.15) is 44.6 Å². The van der Waals surface area contributed by atoms with Crippen molar-refractivity contribution in [3.05, 3.63) is 23.8 Å². The highest BCUT2D eigenvalue weighted by molar-refractivity contribution is 5.40. The van der Waals surface area contributed by atoms with Gasteiger partial charge in [-0.15, -0.1) is 0 Å². The van der Waals surface area contributed by atoms with E-state index in [1.54, 1.807) is 7.11 Å². The summed E-state index contributed by atoms with van der Waals surface area (Å²) in [5, 5.41) is 13.9. The number of nitrogens with one attached hydrogen (secondary N) is 1. The van der Waals surface area contributed by atoms with Crippen molar-refractivity contribution in [3.8, 4) is 11.5 Å². The molecular weight excluding hydrogens is 266 g/mol. The maximum atomic E-state index is 10.6. The summed E-state index contributed by atoms with van der Waals surface area (Å²) in [6.07, 6.45) is 5.05. The number of aliphatic hydroxyl groups is 1. The zero-order valence-corrected chi connectivity index (χ0v) is 13.2. The number of methoxy groups -OCH3 is 1. The minimum Gasteiger partial charge on any atom is -0.497 e. The quantitative estimate of drug-likeness (QED) is 0.811. The minimum absolute atomic E-state index is 0.360. The molecule has 0 aliphatic heterocycles. The van der Waals surface area contributed by atoms with Crippen LogP contribution in [0.3, 0.4) is 0 Å². The molecule has 2 rings (SSSR count). The molecule has 1 aromatic carbocycles. The summed E-state index contributed by atoms with van der Waals surface area (Å²) in [7, 11) is 1.65. The van der Waals surface area contributed by atoms with Crippen molar-refractivity contribution in [1.82, 2.24) is 5.32 Å². The highest BCUT2D eigenvalue weighted by atomic mass is 16.5. The fourth-order valence-corrected chi connectivity index (χ4v) is 2.77. The Labute approximate surface area is 127 Å². The molecule has 0 aromatic heterocycles. The number of hydrogen-bond acceptors (Lipinski definition) is 4. The van der Waals surface area contributed by atoms with Crippen molar-refractivity contribution in [2.24, 2.45) is 0 Å². The molecule has 4 nitrogen and oxygen atoms in total. The van der Waals surface area contributed by atoms with Gasteiger partial charge in [0.15, 0.2) is 0 Å². The van der Waals surface area contributed by atoms with Crippen LogP contribution in [0.25, 0.3) is 0 Å². The summed E-state index contributed by atoms with van der Waals surface area (Å²) in [5.41, 5.74) is 0.425. The fourth-order valence-electron chi connectivity index (χ4n) is 2.77. The lowest BCUT2D eigenvalue weighted by Gasteiger charge is -2.32. The molecule has 0 amide bonds. The third kappa shape index (κ3) is 4.61. The van der Waals surface area contributed by atoms with Crippen molar-refractivity contribution in [2.75, 3.05) is 20.3 Å². The van der Waals surface area contributed by atoms with E-state index in [1.807, 2.05) is 18.2 Å². The van der Waals surface area contributed by atoms with Gasteiger partial charge in [-0.2, -0.15) is 0 Å². The first kappa shape index (κ1) is 16.1. The Morgan fingerprint density at radius 3 is 2.67 bits per heavy atom. The van der Waals surface area contributed by atoms with Crippen LogP contribution in [0.2, 0.25) is 0 Å². The van der Waals surface area contributed by atoms with Gasteiger partial charge in [-0.05, 0) is 25.5 Å². The fraction of sp³-hybridized carbons (Fsp3) is 0.647. The molecule has 1 aromatic rings. The van der Waals surface area contributed by atoms with Crippen molar-refractivity contribution in [2.45, 2.75) is 51.2 Å². The van der Waals surface area contributed by atoms with E-state index in [4.69, 9.17) is 9.47 Å². The molecule has 118 valence electrons. The van der Waals surface area contributed by atoms with E-state index in [-0.39, 0.29) is 0 Å². The van der Waals surface area contributed by atoms with Crippen molar-refractivity contribution in [3.63, 3.8) is 0 Å². The van der Waals surface area contributed by atoms with Gasteiger partial charge < -0.3 is 19.9 Å². The van der Waals surface area contributed by atoms with Crippen LogP contribution >= 0.6 is 0 Å². The molecule has 0 spiro atoms. The van der Waals surface area contributed by atoms with Crippen molar-refractivity contribution in [1.29, 1.82) is 0 Å². The van der Waals surface area contributed by atoms with E-state index in [1.165, 1.54) is 6.42 Å². The van der Waals surface area contributed by atoms with E-state index in [9.17, 15) is 5.11 Å². The lowest BCUT2D eigenvalue weighted by molar-refractivity contribution is -0.0341. The summed E-state index contributed by atoms with van der Waals surface area (Å²) in [4.78, 5) is 0. The van der Waals surface area contributed by atoms with Gasteiger partial charge in [0.2, 0.25) is 0 Å². The molecule has 0 radical (unpaired) electrons. The summed E-state index contributed by atoms with van der Waals surface area (Å²) in [5.74, 6) is 1.58. The smallest absolute Gasteiger partial charge is 0.127 e. The standard InChI is InChI=1S/C17H27NO3/c1-3-18-12-14-7-8-15(20-2)11-16(14)21-13-17(19)9-5-4-6-10-17/h7-8,11,18-19H,3-6,9-10,12-13H2,1-2H3. The zero-order chi connectivity index (χ0) is 15.1. The lowest BCUT2D eigenvalue weighted by atomic mass is 9.85. The van der Waals surface area contributed by atoms with E-state index < -0.39 is 5.60 Å². The van der Waals surface area contributed by atoms with E-state index in [0.717, 1.165) is 55.8 Å². The SMILES string of the molecule is CCNCc1ccc(OC)cc1OCC1(O)CCCCC1. The van der Waals surface area contributed by atoms with Gasteiger partial charge in [0.05, 0.1) is 12.7 Å². The van der Waals surface area contributed by atoms with E-state index >= 15 is 0 Å². The Morgan fingerprint density at radius 2 is 2.00 bits per heavy atom. The second-order valence-corrected chi connectivity index (χ2v) is 5.83. The van der Waals surface area contributed by atoms with Gasteiger partial charge in [0.1, 0.15) is 18.1 Å². The molecule has 0 unspecified atom stereocenters. The molecule has 0 saturated heterocycles. The number of benzene rings is 1. The predicted molar refractivity (Wildman–Crippen MR) is 83.9 cm³/mol. The largest absolute Gasteiger partial charge is 0.497 e. The third-order valence-electron chi connectivity index (χ3n) is 4.12. The maximum Gasteiger partial charge on any atom is 0.127 e. The first-order chi connectivity index (χ1) is 10.2. The minimum atomic E-state index is -0.670. The Kier molecular flexibility index (Phi) is 5.88. The highest BCUT2D eigenvalue weighted by Gasteiger charge is 2.30. The summed E-state index contributed by atoms with van der Waals surface area (Å²) < 4.78 is 11.2. The summed E-state index contributed by atoms with van der Waals surface area (Å²) in [6.45, 7) is 4.11. The van der Waals surface area contributed by atoms with Crippen molar-refractivity contribution >= 4 is 0 Å². The predicted octanol–water partition coefficient (Wildman–Crippen LogP) is 2.88. The molecule has 1 aliphatic rings. The molecule has 4 heteroatoms. The molecule has 21 heavy (non-hydrogen) atoms. The average Bonchev–Trinajstić information content (AvgIpc) is 2.52. The summed E-state index contributed by atoms with van der Waals surface area (Å²) >= 11 is 0. The lowest BCUT2D eigenvalue weighted by Crippen LogP contribution is -2.38. The van der Waals surface area contributed by atoms with Gasteiger partial charge in [-0.25, -0.2) is 0 Å². The highest BCUT2D eigenvalue weighted by Crippen LogP contribution is 2.31. The van der Waals surface area contributed by atoms with E-state index in [0.29, 0.717) is 6.61 Å². The normalized spacial score (nSPS) is 17.5. The van der Waals surface area contributed by atoms with Gasteiger partial charge in [0, 0.05) is 18.2 Å². The summed E-state index contributed by atoms with van der Waals surface area (Å²) in [6, 6.07) is 5.86. The van der Waals surface area contributed by atoms with Gasteiger partial charge in [-0.1, -0.05) is 32.3 Å². The molecule has 1 saturated carbocycles. The Hall–Kier alpha value is -1.26.